The topological polar surface area (TPSA) is 76.7 Å². The lowest BCUT2D eigenvalue weighted by Gasteiger charge is -2.13. The lowest BCUT2D eigenvalue weighted by molar-refractivity contribution is -0.123. The first kappa shape index (κ1) is 18.0. The van der Waals surface area contributed by atoms with Gasteiger partial charge < -0.3 is 24.9 Å². The molecule has 0 bridgehead atoms. The predicted octanol–water partition coefficient (Wildman–Crippen LogP) is 0.113. The van der Waals surface area contributed by atoms with Crippen molar-refractivity contribution in [3.63, 3.8) is 0 Å². The van der Waals surface area contributed by atoms with Crippen LogP contribution < -0.4 is 10.6 Å². The summed E-state index contributed by atoms with van der Waals surface area (Å²) in [5.74, 6) is -0.0168. The van der Waals surface area contributed by atoms with Gasteiger partial charge >= 0.3 is 0 Å². The van der Waals surface area contributed by atoms with Gasteiger partial charge in [-0.3, -0.25) is 4.79 Å². The number of carbonyl (C=O) groups is 2. The molecule has 0 aliphatic heterocycles. The Balaban J connectivity index is 3.34. The van der Waals surface area contributed by atoms with Crippen molar-refractivity contribution in [1.29, 1.82) is 0 Å². The van der Waals surface area contributed by atoms with Gasteiger partial charge in [-0.2, -0.15) is 0 Å². The zero-order valence-electron chi connectivity index (χ0n) is 11.9. The Morgan fingerprint density at radius 1 is 1.21 bits per heavy atom. The number of unbranched alkanes of at least 4 members (excludes halogenated alkanes) is 1. The Morgan fingerprint density at radius 3 is 2.63 bits per heavy atom. The van der Waals surface area contributed by atoms with E-state index >= 15 is 0 Å². The Kier molecular flexibility index (Phi) is 12.8. The molecule has 0 aromatic heterocycles. The van der Waals surface area contributed by atoms with Crippen molar-refractivity contribution in [2.75, 3.05) is 39.5 Å². The third-order valence-corrected chi connectivity index (χ3v) is 2.48. The summed E-state index contributed by atoms with van der Waals surface area (Å²) in [5, 5.41) is 5.94. The summed E-state index contributed by atoms with van der Waals surface area (Å²) in [6.07, 6.45) is 2.88. The minimum absolute atomic E-state index is 0.0168. The van der Waals surface area contributed by atoms with Crippen LogP contribution >= 0.6 is 0 Å². The van der Waals surface area contributed by atoms with E-state index in [-0.39, 0.29) is 18.6 Å². The molecule has 0 heterocycles. The van der Waals surface area contributed by atoms with Gasteiger partial charge in [0.05, 0.1) is 25.9 Å². The lowest BCUT2D eigenvalue weighted by Crippen LogP contribution is -2.43. The summed E-state index contributed by atoms with van der Waals surface area (Å²) >= 11 is 0. The highest BCUT2D eigenvalue weighted by Crippen LogP contribution is 1.87. The molecule has 0 aromatic rings. The highest BCUT2D eigenvalue weighted by Gasteiger charge is 2.10. The van der Waals surface area contributed by atoms with Crippen LogP contribution in [0.2, 0.25) is 0 Å². The van der Waals surface area contributed by atoms with Gasteiger partial charge in [0.2, 0.25) is 5.91 Å². The van der Waals surface area contributed by atoms with Gasteiger partial charge in [-0.1, -0.05) is 13.3 Å². The summed E-state index contributed by atoms with van der Waals surface area (Å²) < 4.78 is 10.1. The van der Waals surface area contributed by atoms with Gasteiger partial charge in [0.25, 0.3) is 0 Å². The zero-order valence-corrected chi connectivity index (χ0v) is 11.9. The van der Waals surface area contributed by atoms with Crippen molar-refractivity contribution >= 4 is 12.2 Å². The van der Waals surface area contributed by atoms with Crippen molar-refractivity contribution < 1.29 is 19.1 Å². The van der Waals surface area contributed by atoms with E-state index in [1.807, 2.05) is 6.92 Å². The van der Waals surface area contributed by atoms with E-state index in [4.69, 9.17) is 9.47 Å². The molecule has 2 N–H and O–H groups in total. The van der Waals surface area contributed by atoms with E-state index in [1.165, 1.54) is 0 Å². The molecule has 19 heavy (non-hydrogen) atoms. The number of nitrogens with one attached hydrogen (secondary N) is 2. The molecular weight excluding hydrogens is 248 g/mol. The molecule has 1 atom stereocenters. The summed E-state index contributed by atoms with van der Waals surface area (Å²) in [6.45, 7) is 6.65. The second-order valence-corrected chi connectivity index (χ2v) is 4.17. The standard InChI is InChI=1S/C13H26N2O4/c1-3-4-5-14-12(2)13(17)15-6-8-18-10-11-19-9-7-16/h7,12,14H,3-6,8-11H2,1-2H3,(H,15,17)/t12-/m1/s1. The molecular formula is C13H26N2O4. The molecule has 0 aromatic carbocycles. The molecule has 1 amide bonds. The van der Waals surface area contributed by atoms with E-state index < -0.39 is 0 Å². The smallest absolute Gasteiger partial charge is 0.236 e. The maximum Gasteiger partial charge on any atom is 0.236 e. The van der Waals surface area contributed by atoms with Crippen LogP contribution in [-0.4, -0.2) is 57.8 Å². The molecule has 6 nitrogen and oxygen atoms in total. The van der Waals surface area contributed by atoms with E-state index in [2.05, 4.69) is 17.6 Å². The van der Waals surface area contributed by atoms with Gasteiger partial charge in [0, 0.05) is 6.54 Å². The van der Waals surface area contributed by atoms with Gasteiger partial charge in [-0.25, -0.2) is 0 Å². The van der Waals surface area contributed by atoms with Crippen molar-refractivity contribution in [2.24, 2.45) is 0 Å². The third kappa shape index (κ3) is 11.8. The number of amides is 1. The number of rotatable bonds is 13. The predicted molar refractivity (Wildman–Crippen MR) is 73.1 cm³/mol. The Morgan fingerprint density at radius 2 is 1.95 bits per heavy atom. The summed E-state index contributed by atoms with van der Waals surface area (Å²) in [6, 6.07) is -0.178. The highest BCUT2D eigenvalue weighted by molar-refractivity contribution is 5.81. The van der Waals surface area contributed by atoms with E-state index in [0.29, 0.717) is 32.7 Å². The fourth-order valence-corrected chi connectivity index (χ4v) is 1.34. The summed E-state index contributed by atoms with van der Waals surface area (Å²) in [5.41, 5.74) is 0. The van der Waals surface area contributed by atoms with Crippen molar-refractivity contribution in [2.45, 2.75) is 32.7 Å². The molecule has 0 unspecified atom stereocenters. The number of aldehydes is 1. The fraction of sp³-hybridized carbons (Fsp3) is 0.846. The minimum atomic E-state index is -0.178. The summed E-state index contributed by atoms with van der Waals surface area (Å²) in [4.78, 5) is 21.6. The van der Waals surface area contributed by atoms with Crippen LogP contribution in [0.25, 0.3) is 0 Å². The maximum absolute atomic E-state index is 11.6. The van der Waals surface area contributed by atoms with E-state index in [1.54, 1.807) is 0 Å². The molecule has 0 radical (unpaired) electrons. The van der Waals surface area contributed by atoms with Gasteiger partial charge in [-0.15, -0.1) is 0 Å². The molecule has 112 valence electrons. The quantitative estimate of drug-likeness (QED) is 0.368. The number of carbonyl (C=O) groups excluding carboxylic acids is 2. The van der Waals surface area contributed by atoms with Crippen LogP contribution in [0.15, 0.2) is 0 Å². The third-order valence-electron chi connectivity index (χ3n) is 2.48. The molecule has 0 fully saturated rings. The second kappa shape index (κ2) is 13.5. The van der Waals surface area contributed by atoms with Crippen LogP contribution in [0.4, 0.5) is 0 Å². The van der Waals surface area contributed by atoms with Gasteiger partial charge in [-0.05, 0) is 19.9 Å². The average Bonchev–Trinajstić information content (AvgIpc) is 2.41. The lowest BCUT2D eigenvalue weighted by atomic mass is 10.3. The molecule has 0 saturated carbocycles. The van der Waals surface area contributed by atoms with E-state index in [9.17, 15) is 9.59 Å². The van der Waals surface area contributed by atoms with Crippen LogP contribution in [0.5, 0.6) is 0 Å². The largest absolute Gasteiger partial charge is 0.377 e. The van der Waals surface area contributed by atoms with Crippen molar-refractivity contribution in [3.05, 3.63) is 0 Å². The number of hydrogen-bond donors (Lipinski definition) is 2. The molecule has 0 rings (SSSR count). The Labute approximate surface area is 115 Å². The normalized spacial score (nSPS) is 12.1. The van der Waals surface area contributed by atoms with Crippen molar-refractivity contribution in [1.82, 2.24) is 10.6 Å². The van der Waals surface area contributed by atoms with Crippen LogP contribution in [-0.2, 0) is 19.1 Å². The van der Waals surface area contributed by atoms with Gasteiger partial charge in [0.1, 0.15) is 12.9 Å². The minimum Gasteiger partial charge on any atom is -0.377 e. The molecule has 0 saturated heterocycles. The Hall–Kier alpha value is -0.980. The second-order valence-electron chi connectivity index (χ2n) is 4.17. The van der Waals surface area contributed by atoms with Crippen molar-refractivity contribution in [3.8, 4) is 0 Å². The summed E-state index contributed by atoms with van der Waals surface area (Å²) in [7, 11) is 0. The molecule has 0 aliphatic carbocycles. The Bertz CT molecular complexity index is 237. The maximum atomic E-state index is 11.6. The van der Waals surface area contributed by atoms with Gasteiger partial charge in [0.15, 0.2) is 0 Å². The highest BCUT2D eigenvalue weighted by atomic mass is 16.5. The zero-order chi connectivity index (χ0) is 14.3. The monoisotopic (exact) mass is 274 g/mol. The van der Waals surface area contributed by atoms with E-state index in [0.717, 1.165) is 19.4 Å². The first-order valence-electron chi connectivity index (χ1n) is 6.82. The SMILES string of the molecule is CCCCN[C@H](C)C(=O)NCCOCCOCC=O. The number of ether oxygens (including phenoxy) is 2. The van der Waals surface area contributed by atoms with Crippen LogP contribution in [0, 0.1) is 0 Å². The molecule has 0 aliphatic rings. The molecule has 6 heteroatoms. The van der Waals surface area contributed by atoms with Crippen LogP contribution in [0.1, 0.15) is 26.7 Å². The number of hydrogen-bond acceptors (Lipinski definition) is 5. The van der Waals surface area contributed by atoms with Crippen LogP contribution in [0.3, 0.4) is 0 Å². The average molecular weight is 274 g/mol. The first-order chi connectivity index (χ1) is 9.22. The fourth-order valence-electron chi connectivity index (χ4n) is 1.34. The molecule has 0 spiro atoms. The first-order valence-corrected chi connectivity index (χ1v) is 6.82.